The van der Waals surface area contributed by atoms with Crippen molar-refractivity contribution in [3.63, 3.8) is 0 Å². The number of anilines is 1. The van der Waals surface area contributed by atoms with Gasteiger partial charge in [-0.2, -0.15) is 5.26 Å². The molecule has 0 aliphatic rings. The SMILES string of the molecule is Cc1ccc(C#N)cc1Oc1cc(C(=O)O)ccc1N. The average molecular weight is 268 g/mol. The van der Waals surface area contributed by atoms with Gasteiger partial charge in [-0.05, 0) is 42.8 Å². The number of nitrogens with zero attached hydrogens (tertiary/aromatic N) is 1. The van der Waals surface area contributed by atoms with Crippen LogP contribution in [0.1, 0.15) is 21.5 Å². The van der Waals surface area contributed by atoms with E-state index >= 15 is 0 Å². The van der Waals surface area contributed by atoms with E-state index < -0.39 is 5.97 Å². The minimum absolute atomic E-state index is 0.0864. The first-order valence-electron chi connectivity index (χ1n) is 5.82. The third-order valence-electron chi connectivity index (χ3n) is 2.80. The van der Waals surface area contributed by atoms with Crippen molar-refractivity contribution in [2.24, 2.45) is 0 Å². The Labute approximate surface area is 115 Å². The molecular formula is C15H12N2O3. The maximum Gasteiger partial charge on any atom is 0.335 e. The van der Waals surface area contributed by atoms with Crippen LogP contribution in [0.5, 0.6) is 11.5 Å². The van der Waals surface area contributed by atoms with E-state index in [1.807, 2.05) is 13.0 Å². The molecule has 0 unspecified atom stereocenters. The Bertz CT molecular complexity index is 718. The van der Waals surface area contributed by atoms with Crippen molar-refractivity contribution in [2.75, 3.05) is 5.73 Å². The summed E-state index contributed by atoms with van der Waals surface area (Å²) in [4.78, 5) is 10.9. The first kappa shape index (κ1) is 13.4. The number of rotatable bonds is 3. The highest BCUT2D eigenvalue weighted by Gasteiger charge is 2.10. The molecule has 0 bridgehead atoms. The molecule has 5 heteroatoms. The molecule has 2 aromatic rings. The van der Waals surface area contributed by atoms with Crippen LogP contribution in [0.2, 0.25) is 0 Å². The number of aromatic carboxylic acids is 1. The molecule has 20 heavy (non-hydrogen) atoms. The van der Waals surface area contributed by atoms with Crippen LogP contribution in [0.4, 0.5) is 5.69 Å². The zero-order valence-corrected chi connectivity index (χ0v) is 10.8. The van der Waals surface area contributed by atoms with Crippen LogP contribution < -0.4 is 10.5 Å². The first-order valence-corrected chi connectivity index (χ1v) is 5.82. The average Bonchev–Trinajstić information content (AvgIpc) is 2.43. The van der Waals surface area contributed by atoms with Crippen molar-refractivity contribution in [2.45, 2.75) is 6.92 Å². The first-order chi connectivity index (χ1) is 9.51. The van der Waals surface area contributed by atoms with Crippen LogP contribution >= 0.6 is 0 Å². The number of nitrogens with two attached hydrogens (primary N) is 1. The minimum Gasteiger partial charge on any atom is -0.478 e. The number of nitriles is 1. The van der Waals surface area contributed by atoms with E-state index in [0.29, 0.717) is 17.0 Å². The van der Waals surface area contributed by atoms with E-state index in [1.165, 1.54) is 18.2 Å². The second-order valence-electron chi connectivity index (χ2n) is 4.25. The number of carbonyl (C=O) groups is 1. The van der Waals surface area contributed by atoms with Gasteiger partial charge in [0.05, 0.1) is 22.9 Å². The van der Waals surface area contributed by atoms with Crippen molar-refractivity contribution < 1.29 is 14.6 Å². The zero-order chi connectivity index (χ0) is 14.7. The normalized spacial score (nSPS) is 9.80. The summed E-state index contributed by atoms with van der Waals surface area (Å²) in [6.45, 7) is 1.83. The van der Waals surface area contributed by atoms with Crippen molar-refractivity contribution >= 4 is 11.7 Å². The number of carboxylic acid groups (broad SMARTS) is 1. The highest BCUT2D eigenvalue weighted by Crippen LogP contribution is 2.31. The van der Waals surface area contributed by atoms with Crippen molar-refractivity contribution in [1.82, 2.24) is 0 Å². The second kappa shape index (κ2) is 5.33. The molecule has 0 aromatic heterocycles. The lowest BCUT2D eigenvalue weighted by Gasteiger charge is -2.11. The van der Waals surface area contributed by atoms with Crippen LogP contribution in [0, 0.1) is 18.3 Å². The quantitative estimate of drug-likeness (QED) is 0.834. The van der Waals surface area contributed by atoms with Crippen molar-refractivity contribution in [3.8, 4) is 17.6 Å². The molecule has 2 aromatic carbocycles. The molecule has 0 fully saturated rings. The van der Waals surface area contributed by atoms with Crippen LogP contribution in [-0.2, 0) is 0 Å². The van der Waals surface area contributed by atoms with Gasteiger partial charge in [-0.15, -0.1) is 0 Å². The summed E-state index contributed by atoms with van der Waals surface area (Å²) >= 11 is 0. The van der Waals surface area contributed by atoms with Crippen LogP contribution in [0.25, 0.3) is 0 Å². The summed E-state index contributed by atoms with van der Waals surface area (Å²) in [5.74, 6) is -0.335. The lowest BCUT2D eigenvalue weighted by atomic mass is 10.1. The van der Waals surface area contributed by atoms with E-state index in [2.05, 4.69) is 0 Å². The molecule has 0 saturated carbocycles. The predicted octanol–water partition coefficient (Wildman–Crippen LogP) is 2.94. The van der Waals surface area contributed by atoms with Gasteiger partial charge in [0.2, 0.25) is 0 Å². The Morgan fingerprint density at radius 1 is 1.25 bits per heavy atom. The van der Waals surface area contributed by atoms with Crippen LogP contribution in [0.3, 0.4) is 0 Å². The highest BCUT2D eigenvalue weighted by molar-refractivity contribution is 5.89. The summed E-state index contributed by atoms with van der Waals surface area (Å²) in [5, 5.41) is 17.8. The van der Waals surface area contributed by atoms with Gasteiger partial charge in [-0.1, -0.05) is 6.07 Å². The van der Waals surface area contributed by atoms with Gasteiger partial charge < -0.3 is 15.6 Å². The van der Waals surface area contributed by atoms with E-state index in [1.54, 1.807) is 18.2 Å². The number of benzene rings is 2. The fraction of sp³-hybridized carbons (Fsp3) is 0.0667. The van der Waals surface area contributed by atoms with Gasteiger partial charge in [-0.25, -0.2) is 4.79 Å². The number of hydrogen-bond donors (Lipinski definition) is 2. The lowest BCUT2D eigenvalue weighted by Crippen LogP contribution is -2.00. The van der Waals surface area contributed by atoms with E-state index in [4.69, 9.17) is 20.8 Å². The molecule has 3 N–H and O–H groups in total. The number of hydrogen-bond acceptors (Lipinski definition) is 4. The fourth-order valence-electron chi connectivity index (χ4n) is 1.65. The number of nitrogen functional groups attached to an aromatic ring is 1. The Hall–Kier alpha value is -3.00. The summed E-state index contributed by atoms with van der Waals surface area (Å²) in [6, 6.07) is 11.3. The Morgan fingerprint density at radius 3 is 2.65 bits per heavy atom. The second-order valence-corrected chi connectivity index (χ2v) is 4.25. The van der Waals surface area contributed by atoms with Gasteiger partial charge in [0.1, 0.15) is 5.75 Å². The summed E-state index contributed by atoms with van der Waals surface area (Å²) < 4.78 is 5.63. The standard InChI is InChI=1S/C15H12N2O3/c1-9-2-3-10(8-16)6-13(9)20-14-7-11(15(18)19)4-5-12(14)17/h2-7H,17H2,1H3,(H,18,19). The monoisotopic (exact) mass is 268 g/mol. The number of ether oxygens (including phenoxy) is 1. The van der Waals surface area contributed by atoms with E-state index in [9.17, 15) is 4.79 Å². The lowest BCUT2D eigenvalue weighted by molar-refractivity contribution is 0.0696. The van der Waals surface area contributed by atoms with Crippen molar-refractivity contribution in [3.05, 3.63) is 53.1 Å². The Balaban J connectivity index is 2.42. The van der Waals surface area contributed by atoms with E-state index in [0.717, 1.165) is 5.56 Å². The van der Waals surface area contributed by atoms with Gasteiger partial charge in [0.25, 0.3) is 0 Å². The molecule has 0 atom stereocenters. The molecule has 0 radical (unpaired) electrons. The van der Waals surface area contributed by atoms with Gasteiger partial charge in [0.15, 0.2) is 5.75 Å². The molecule has 0 saturated heterocycles. The third-order valence-corrected chi connectivity index (χ3v) is 2.80. The van der Waals surface area contributed by atoms with E-state index in [-0.39, 0.29) is 11.3 Å². The minimum atomic E-state index is -1.06. The molecule has 0 aliphatic heterocycles. The highest BCUT2D eigenvalue weighted by atomic mass is 16.5. The molecule has 0 amide bonds. The smallest absolute Gasteiger partial charge is 0.335 e. The zero-order valence-electron chi connectivity index (χ0n) is 10.8. The van der Waals surface area contributed by atoms with Gasteiger partial charge >= 0.3 is 5.97 Å². The van der Waals surface area contributed by atoms with Crippen LogP contribution in [0.15, 0.2) is 36.4 Å². The van der Waals surface area contributed by atoms with Crippen molar-refractivity contribution in [1.29, 1.82) is 5.26 Å². The molecule has 0 spiro atoms. The third kappa shape index (κ3) is 2.70. The topological polar surface area (TPSA) is 96.3 Å². The predicted molar refractivity (Wildman–Crippen MR) is 73.8 cm³/mol. The van der Waals surface area contributed by atoms with Gasteiger partial charge in [-0.3, -0.25) is 0 Å². The largest absolute Gasteiger partial charge is 0.478 e. The number of aryl methyl sites for hydroxylation is 1. The fourth-order valence-corrected chi connectivity index (χ4v) is 1.65. The van der Waals surface area contributed by atoms with Crippen LogP contribution in [-0.4, -0.2) is 11.1 Å². The maximum atomic E-state index is 10.9. The Kier molecular flexibility index (Phi) is 3.58. The molecule has 100 valence electrons. The summed E-state index contributed by atoms with van der Waals surface area (Å²) in [5.41, 5.74) is 7.47. The Morgan fingerprint density at radius 2 is 2.00 bits per heavy atom. The molecule has 0 heterocycles. The number of carboxylic acids is 1. The molecular weight excluding hydrogens is 256 g/mol. The van der Waals surface area contributed by atoms with Gasteiger partial charge in [0, 0.05) is 0 Å². The molecule has 5 nitrogen and oxygen atoms in total. The maximum absolute atomic E-state index is 10.9. The summed E-state index contributed by atoms with van der Waals surface area (Å²) in [6.07, 6.45) is 0. The summed E-state index contributed by atoms with van der Waals surface area (Å²) in [7, 11) is 0. The molecule has 2 rings (SSSR count). The molecule has 0 aliphatic carbocycles.